The number of ether oxygens (including phenoxy) is 1. The Morgan fingerprint density at radius 3 is 2.73 bits per heavy atom. The van der Waals surface area contributed by atoms with E-state index in [2.05, 4.69) is 31.7 Å². The summed E-state index contributed by atoms with van der Waals surface area (Å²) < 4.78 is 48.5. The molecule has 1 amide bonds. The van der Waals surface area contributed by atoms with Crippen molar-refractivity contribution in [1.82, 2.24) is 15.1 Å². The predicted octanol–water partition coefficient (Wildman–Crippen LogP) is 4.87. The van der Waals surface area contributed by atoms with E-state index >= 15 is 0 Å². The first-order chi connectivity index (χ1) is 14.2. The lowest BCUT2D eigenvalue weighted by molar-refractivity contribution is -0.173. The second-order valence-corrected chi connectivity index (χ2v) is 8.64. The van der Waals surface area contributed by atoms with E-state index in [1.165, 1.54) is 0 Å². The summed E-state index contributed by atoms with van der Waals surface area (Å²) in [5.41, 5.74) is 0.447. The van der Waals surface area contributed by atoms with Crippen LogP contribution in [0.15, 0.2) is 28.7 Å². The number of aromatic nitrogens is 2. The summed E-state index contributed by atoms with van der Waals surface area (Å²) in [5, 5.41) is 9.48. The quantitative estimate of drug-likeness (QED) is 0.620. The number of fused-ring (bicyclic) bond motifs is 1. The zero-order valence-corrected chi connectivity index (χ0v) is 18.0. The Kier molecular flexibility index (Phi) is 6.00. The van der Waals surface area contributed by atoms with E-state index in [0.717, 1.165) is 22.0 Å². The standard InChI is InChI=1S/C19H19BrClF3N4O2/c20-11-5-3-10(4-6-11)13-8-14(19(22,23)24)28-17(26-13)15(21)16(27-28)18(29)25-9-12-2-1-7-30-12/h3-6,12-14,26H,1-2,7-9H2,(H,25,29)/t12-,13+,14+/m0/s1. The van der Waals surface area contributed by atoms with Crippen molar-refractivity contribution in [2.75, 3.05) is 18.5 Å². The van der Waals surface area contributed by atoms with Crippen LogP contribution in [0.4, 0.5) is 19.0 Å². The van der Waals surface area contributed by atoms with Gasteiger partial charge >= 0.3 is 6.18 Å². The number of anilines is 1. The number of alkyl halides is 3. The van der Waals surface area contributed by atoms with Crippen LogP contribution in [0.2, 0.25) is 5.02 Å². The van der Waals surface area contributed by atoms with E-state index in [9.17, 15) is 18.0 Å². The van der Waals surface area contributed by atoms with Crippen LogP contribution >= 0.6 is 27.5 Å². The van der Waals surface area contributed by atoms with Crippen molar-refractivity contribution in [3.63, 3.8) is 0 Å². The molecule has 0 aliphatic carbocycles. The van der Waals surface area contributed by atoms with E-state index in [0.29, 0.717) is 12.2 Å². The van der Waals surface area contributed by atoms with Gasteiger partial charge in [-0.2, -0.15) is 18.3 Å². The van der Waals surface area contributed by atoms with Crippen LogP contribution in [0.5, 0.6) is 0 Å². The molecule has 30 heavy (non-hydrogen) atoms. The number of carbonyl (C=O) groups excluding carboxylic acids is 1. The maximum atomic E-state index is 13.8. The van der Waals surface area contributed by atoms with Gasteiger partial charge in [0.2, 0.25) is 0 Å². The van der Waals surface area contributed by atoms with Gasteiger partial charge in [-0.25, -0.2) is 4.68 Å². The molecule has 2 aromatic rings. The Hall–Kier alpha value is -1.78. The average Bonchev–Trinajstić information content (AvgIpc) is 3.33. The summed E-state index contributed by atoms with van der Waals surface area (Å²) in [6, 6.07) is 4.47. The third-order valence-corrected chi connectivity index (χ3v) is 6.18. The third kappa shape index (κ3) is 4.31. The Labute approximate surface area is 184 Å². The molecular weight excluding hydrogens is 489 g/mol. The average molecular weight is 508 g/mol. The first kappa shape index (κ1) is 21.5. The highest BCUT2D eigenvalue weighted by Crippen LogP contribution is 2.46. The van der Waals surface area contributed by atoms with Crippen LogP contribution in [-0.2, 0) is 4.74 Å². The molecule has 0 bridgehead atoms. The molecule has 0 saturated carbocycles. The number of benzene rings is 1. The lowest BCUT2D eigenvalue weighted by atomic mass is 9.97. The van der Waals surface area contributed by atoms with Crippen LogP contribution in [0, 0.1) is 0 Å². The molecule has 1 aromatic carbocycles. The lowest BCUT2D eigenvalue weighted by Crippen LogP contribution is -2.36. The normalized spacial score (nSPS) is 23.7. The van der Waals surface area contributed by atoms with Crippen molar-refractivity contribution < 1.29 is 22.7 Å². The molecule has 3 heterocycles. The molecule has 1 fully saturated rings. The van der Waals surface area contributed by atoms with E-state index in [-0.39, 0.29) is 35.6 Å². The summed E-state index contributed by atoms with van der Waals surface area (Å²) >= 11 is 9.63. The van der Waals surface area contributed by atoms with Crippen molar-refractivity contribution in [3.8, 4) is 0 Å². The maximum absolute atomic E-state index is 13.8. The fourth-order valence-electron chi connectivity index (χ4n) is 3.74. The summed E-state index contributed by atoms with van der Waals surface area (Å²) in [4.78, 5) is 12.5. The van der Waals surface area contributed by atoms with Crippen molar-refractivity contribution in [2.45, 2.75) is 43.6 Å². The van der Waals surface area contributed by atoms with Crippen LogP contribution in [-0.4, -0.2) is 41.1 Å². The van der Waals surface area contributed by atoms with Gasteiger partial charge in [-0.1, -0.05) is 39.7 Å². The molecule has 0 spiro atoms. The first-order valence-corrected chi connectivity index (χ1v) is 10.7. The molecule has 6 nitrogen and oxygen atoms in total. The van der Waals surface area contributed by atoms with E-state index in [4.69, 9.17) is 16.3 Å². The molecule has 0 radical (unpaired) electrons. The molecule has 162 valence electrons. The third-order valence-electron chi connectivity index (χ3n) is 5.30. The Bertz CT molecular complexity index is 929. The van der Waals surface area contributed by atoms with Crippen molar-refractivity contribution in [1.29, 1.82) is 0 Å². The molecule has 1 saturated heterocycles. The first-order valence-electron chi connectivity index (χ1n) is 9.50. The minimum Gasteiger partial charge on any atom is -0.376 e. The molecule has 0 unspecified atom stereocenters. The topological polar surface area (TPSA) is 68.2 Å². The monoisotopic (exact) mass is 506 g/mol. The van der Waals surface area contributed by atoms with Crippen molar-refractivity contribution >= 4 is 39.3 Å². The number of carbonyl (C=O) groups is 1. The fraction of sp³-hybridized carbons (Fsp3) is 0.474. The van der Waals surface area contributed by atoms with Gasteiger partial charge in [-0.05, 0) is 30.5 Å². The van der Waals surface area contributed by atoms with Gasteiger partial charge in [0.1, 0.15) is 10.8 Å². The molecule has 4 rings (SSSR count). The maximum Gasteiger partial charge on any atom is 0.410 e. The number of rotatable bonds is 4. The minimum absolute atomic E-state index is 0.0135. The molecule has 1 aromatic heterocycles. The van der Waals surface area contributed by atoms with Crippen LogP contribution in [0.3, 0.4) is 0 Å². The number of hydrogen-bond donors (Lipinski definition) is 2. The Morgan fingerprint density at radius 1 is 1.37 bits per heavy atom. The molecule has 2 N–H and O–H groups in total. The van der Waals surface area contributed by atoms with Gasteiger partial charge in [0, 0.05) is 24.0 Å². The summed E-state index contributed by atoms with van der Waals surface area (Å²) in [6.07, 6.45) is -3.19. The van der Waals surface area contributed by atoms with E-state index in [1.54, 1.807) is 24.3 Å². The minimum atomic E-state index is -4.55. The Morgan fingerprint density at radius 2 is 2.10 bits per heavy atom. The zero-order chi connectivity index (χ0) is 21.5. The largest absolute Gasteiger partial charge is 0.410 e. The number of amides is 1. The molecule has 3 atom stereocenters. The molecule has 2 aliphatic heterocycles. The van der Waals surface area contributed by atoms with Crippen molar-refractivity contribution in [3.05, 3.63) is 45.0 Å². The second-order valence-electron chi connectivity index (χ2n) is 7.34. The van der Waals surface area contributed by atoms with Gasteiger partial charge in [0.25, 0.3) is 5.91 Å². The van der Waals surface area contributed by atoms with Gasteiger partial charge in [-0.15, -0.1) is 0 Å². The summed E-state index contributed by atoms with van der Waals surface area (Å²) in [5.74, 6) is -0.638. The fourth-order valence-corrected chi connectivity index (χ4v) is 4.27. The van der Waals surface area contributed by atoms with Gasteiger partial charge in [-0.3, -0.25) is 4.79 Å². The molecular formula is C19H19BrClF3N4O2. The van der Waals surface area contributed by atoms with Gasteiger partial charge < -0.3 is 15.4 Å². The van der Waals surface area contributed by atoms with E-state index in [1.807, 2.05) is 0 Å². The molecule has 11 heteroatoms. The molecule has 2 aliphatic rings. The number of nitrogens with one attached hydrogen (secondary N) is 2. The SMILES string of the molecule is O=C(NC[C@@H]1CCCO1)c1nn2c(c1Cl)N[C@@H](c1ccc(Br)cc1)C[C@@H]2C(F)(F)F. The lowest BCUT2D eigenvalue weighted by Gasteiger charge is -2.33. The number of halogens is 5. The summed E-state index contributed by atoms with van der Waals surface area (Å²) in [7, 11) is 0. The van der Waals surface area contributed by atoms with Crippen molar-refractivity contribution in [2.24, 2.45) is 0 Å². The predicted molar refractivity (Wildman–Crippen MR) is 109 cm³/mol. The van der Waals surface area contributed by atoms with Crippen LogP contribution in [0.1, 0.15) is 47.4 Å². The number of hydrogen-bond acceptors (Lipinski definition) is 4. The Balaban J connectivity index is 1.62. The number of nitrogens with zero attached hydrogens (tertiary/aromatic N) is 2. The summed E-state index contributed by atoms with van der Waals surface area (Å²) in [6.45, 7) is 0.893. The second kappa shape index (κ2) is 8.39. The van der Waals surface area contributed by atoms with Gasteiger partial charge in [0.15, 0.2) is 11.7 Å². The smallest absolute Gasteiger partial charge is 0.376 e. The van der Waals surface area contributed by atoms with E-state index < -0.39 is 24.2 Å². The highest BCUT2D eigenvalue weighted by molar-refractivity contribution is 9.10. The highest BCUT2D eigenvalue weighted by Gasteiger charge is 2.47. The zero-order valence-electron chi connectivity index (χ0n) is 15.7. The van der Waals surface area contributed by atoms with Crippen LogP contribution in [0.25, 0.3) is 0 Å². The van der Waals surface area contributed by atoms with Gasteiger partial charge in [0.05, 0.1) is 12.1 Å². The highest BCUT2D eigenvalue weighted by atomic mass is 79.9. The van der Waals surface area contributed by atoms with Crippen LogP contribution < -0.4 is 10.6 Å².